The van der Waals surface area contributed by atoms with E-state index in [1.165, 1.54) is 6.07 Å². The Balaban J connectivity index is 2.87. The van der Waals surface area contributed by atoms with E-state index in [-0.39, 0.29) is 5.28 Å². The van der Waals surface area contributed by atoms with Crippen molar-refractivity contribution >= 4 is 34.2 Å². The van der Waals surface area contributed by atoms with Crippen molar-refractivity contribution in [1.29, 1.82) is 0 Å². The first-order valence-corrected chi connectivity index (χ1v) is 4.15. The number of nitrogens with zero attached hydrogens (tertiary/aromatic N) is 3. The van der Waals surface area contributed by atoms with Crippen LogP contribution in [-0.4, -0.2) is 10.1 Å². The molecule has 0 aliphatic heterocycles. The summed E-state index contributed by atoms with van der Waals surface area (Å²) in [6.45, 7) is 0. The minimum Gasteiger partial charge on any atom is -0.594 e. The molecule has 0 atom stereocenters. The first kappa shape index (κ1) is 8.47. The van der Waals surface area contributed by atoms with E-state index < -0.39 is 0 Å². The first-order chi connectivity index (χ1) is 6.16. The number of hydrogen-bond donors (Lipinski definition) is 0. The van der Waals surface area contributed by atoms with E-state index >= 15 is 0 Å². The second-order valence-corrected chi connectivity index (χ2v) is 3.16. The summed E-state index contributed by atoms with van der Waals surface area (Å²) in [7, 11) is 0. The molecule has 0 saturated carbocycles. The summed E-state index contributed by atoms with van der Waals surface area (Å²) < 4.78 is 0. The van der Waals surface area contributed by atoms with Crippen LogP contribution in [0.5, 0.6) is 0 Å². The van der Waals surface area contributed by atoms with Crippen molar-refractivity contribution < 1.29 is 4.85 Å². The van der Waals surface area contributed by atoms with Crippen LogP contribution in [0.4, 0.5) is 0 Å². The summed E-state index contributed by atoms with van der Waals surface area (Å²) in [4.78, 5) is 4.25. The number of aromatic nitrogens is 3. The number of fused-ring (bicyclic) bond motifs is 1. The van der Waals surface area contributed by atoms with E-state index in [4.69, 9.17) is 23.2 Å². The molecule has 6 heteroatoms. The maximum Gasteiger partial charge on any atom is 0.290 e. The molecule has 2 aromatic rings. The van der Waals surface area contributed by atoms with Gasteiger partial charge in [-0.15, -0.1) is 0 Å². The highest BCUT2D eigenvalue weighted by atomic mass is 35.5. The smallest absolute Gasteiger partial charge is 0.290 e. The van der Waals surface area contributed by atoms with Gasteiger partial charge >= 0.3 is 0 Å². The number of benzene rings is 1. The van der Waals surface area contributed by atoms with E-state index in [2.05, 4.69) is 10.1 Å². The normalized spacial score (nSPS) is 10.6. The van der Waals surface area contributed by atoms with Crippen molar-refractivity contribution in [2.45, 2.75) is 0 Å². The van der Waals surface area contributed by atoms with Crippen molar-refractivity contribution in [2.24, 2.45) is 0 Å². The van der Waals surface area contributed by atoms with Crippen LogP contribution in [0.15, 0.2) is 18.2 Å². The molecule has 13 heavy (non-hydrogen) atoms. The molecule has 0 spiro atoms. The highest BCUT2D eigenvalue weighted by Crippen LogP contribution is 2.14. The Labute approximate surface area is 83.3 Å². The highest BCUT2D eigenvalue weighted by Gasteiger charge is 2.09. The van der Waals surface area contributed by atoms with Gasteiger partial charge in [-0.1, -0.05) is 11.6 Å². The van der Waals surface area contributed by atoms with Crippen molar-refractivity contribution in [3.8, 4) is 0 Å². The second-order valence-electron chi connectivity index (χ2n) is 2.39. The average molecular weight is 216 g/mol. The molecule has 0 bridgehead atoms. The second kappa shape index (κ2) is 2.97. The predicted molar refractivity (Wildman–Crippen MR) is 48.5 cm³/mol. The van der Waals surface area contributed by atoms with Crippen LogP contribution in [0.3, 0.4) is 0 Å². The van der Waals surface area contributed by atoms with E-state index in [0.29, 0.717) is 20.9 Å². The summed E-state index contributed by atoms with van der Waals surface area (Å²) in [6.07, 6.45) is 0. The fourth-order valence-electron chi connectivity index (χ4n) is 0.995. The van der Waals surface area contributed by atoms with Crippen LogP contribution >= 0.6 is 23.2 Å². The molecule has 66 valence electrons. The lowest BCUT2D eigenvalue weighted by Gasteiger charge is -1.98. The maximum absolute atomic E-state index is 11.2. The zero-order valence-corrected chi connectivity index (χ0v) is 7.75. The topological polar surface area (TPSA) is 52.7 Å². The molecule has 0 fully saturated rings. The predicted octanol–water partition coefficient (Wildman–Crippen LogP) is 1.57. The third-order valence-corrected chi connectivity index (χ3v) is 1.92. The zero-order valence-electron chi connectivity index (χ0n) is 6.24. The SMILES string of the molecule is [O-][n+]1nc(Cl)nc2ccc(Cl)cc21. The Morgan fingerprint density at radius 3 is 2.85 bits per heavy atom. The van der Waals surface area contributed by atoms with Gasteiger partial charge in [0, 0.05) is 16.2 Å². The molecule has 1 aromatic carbocycles. The van der Waals surface area contributed by atoms with Gasteiger partial charge in [0.2, 0.25) is 0 Å². The Kier molecular flexibility index (Phi) is 1.94. The fourth-order valence-corrected chi connectivity index (χ4v) is 1.32. The lowest BCUT2D eigenvalue weighted by atomic mass is 10.3. The monoisotopic (exact) mass is 215 g/mol. The molecule has 1 heterocycles. The van der Waals surface area contributed by atoms with Gasteiger partial charge in [-0.2, -0.15) is 0 Å². The molecule has 1 aromatic heterocycles. The molecular weight excluding hydrogens is 213 g/mol. The number of rotatable bonds is 0. The van der Waals surface area contributed by atoms with Crippen LogP contribution < -0.4 is 4.85 Å². The van der Waals surface area contributed by atoms with Gasteiger partial charge in [-0.3, -0.25) is 0 Å². The minimum absolute atomic E-state index is 0.0789. The Hall–Kier alpha value is -1.13. The molecule has 0 N–H and O–H groups in total. The van der Waals surface area contributed by atoms with Gasteiger partial charge in [0.05, 0.1) is 0 Å². The third kappa shape index (κ3) is 1.50. The molecule has 0 saturated heterocycles. The first-order valence-electron chi connectivity index (χ1n) is 3.39. The zero-order chi connectivity index (χ0) is 9.42. The Morgan fingerprint density at radius 1 is 1.31 bits per heavy atom. The van der Waals surface area contributed by atoms with Crippen LogP contribution in [0.1, 0.15) is 0 Å². The van der Waals surface area contributed by atoms with Crippen molar-refractivity contribution in [2.75, 3.05) is 0 Å². The number of hydrogen-bond acceptors (Lipinski definition) is 3. The van der Waals surface area contributed by atoms with Crippen LogP contribution in [0.2, 0.25) is 10.3 Å². The van der Waals surface area contributed by atoms with Gasteiger partial charge in [0.15, 0.2) is 0 Å². The molecule has 4 nitrogen and oxygen atoms in total. The van der Waals surface area contributed by atoms with Crippen molar-refractivity contribution in [3.05, 3.63) is 33.7 Å². The Bertz CT molecular complexity index is 474. The van der Waals surface area contributed by atoms with Crippen molar-refractivity contribution in [1.82, 2.24) is 10.1 Å². The van der Waals surface area contributed by atoms with Gasteiger partial charge in [-0.25, -0.2) is 4.98 Å². The van der Waals surface area contributed by atoms with E-state index in [1.807, 2.05) is 0 Å². The van der Waals surface area contributed by atoms with Gasteiger partial charge < -0.3 is 5.21 Å². The summed E-state index contributed by atoms with van der Waals surface area (Å²) in [5.74, 6) is 0. The van der Waals surface area contributed by atoms with Crippen LogP contribution in [0, 0.1) is 5.21 Å². The summed E-state index contributed by atoms with van der Waals surface area (Å²) in [5, 5.41) is 15.0. The summed E-state index contributed by atoms with van der Waals surface area (Å²) in [6, 6.07) is 4.73. The lowest BCUT2D eigenvalue weighted by Crippen LogP contribution is -2.32. The third-order valence-electron chi connectivity index (χ3n) is 1.53. The maximum atomic E-state index is 11.2. The van der Waals surface area contributed by atoms with Gasteiger partial charge in [0.25, 0.3) is 10.8 Å². The van der Waals surface area contributed by atoms with E-state index in [9.17, 15) is 5.21 Å². The minimum atomic E-state index is -0.0789. The molecule has 0 radical (unpaired) electrons. The average Bonchev–Trinajstić information content (AvgIpc) is 2.06. The molecule has 0 aliphatic carbocycles. The molecule has 0 amide bonds. The van der Waals surface area contributed by atoms with E-state index in [0.717, 1.165) is 0 Å². The summed E-state index contributed by atoms with van der Waals surface area (Å²) in [5.41, 5.74) is 0.774. The lowest BCUT2D eigenvalue weighted by molar-refractivity contribution is -0.642. The molecular formula is C7H3Cl2N3O. The van der Waals surface area contributed by atoms with E-state index in [1.54, 1.807) is 12.1 Å². The quantitative estimate of drug-likeness (QED) is 0.496. The largest absolute Gasteiger partial charge is 0.594 e. The Morgan fingerprint density at radius 2 is 2.08 bits per heavy atom. The van der Waals surface area contributed by atoms with Gasteiger partial charge in [-0.05, 0) is 28.6 Å². The fraction of sp³-hybridized carbons (Fsp3) is 0. The van der Waals surface area contributed by atoms with Gasteiger partial charge in [0.1, 0.15) is 5.52 Å². The molecule has 2 rings (SSSR count). The van der Waals surface area contributed by atoms with Crippen LogP contribution in [-0.2, 0) is 0 Å². The molecule has 0 aliphatic rings. The standard InChI is InChI=1S/C7H3Cl2N3O/c8-4-1-2-5-6(3-4)12(13)11-7(9)10-5/h1-3H. The highest BCUT2D eigenvalue weighted by molar-refractivity contribution is 6.31. The van der Waals surface area contributed by atoms with Crippen LogP contribution in [0.25, 0.3) is 11.0 Å². The summed E-state index contributed by atoms with van der Waals surface area (Å²) >= 11 is 11.2. The number of halogens is 2. The van der Waals surface area contributed by atoms with Crippen molar-refractivity contribution in [3.63, 3.8) is 0 Å². The molecule has 0 unspecified atom stereocenters.